The van der Waals surface area contributed by atoms with Crippen LogP contribution < -0.4 is 0 Å². The monoisotopic (exact) mass is 239 g/mol. The van der Waals surface area contributed by atoms with Gasteiger partial charge in [-0.05, 0) is 19.4 Å². The van der Waals surface area contributed by atoms with Crippen LogP contribution in [0.1, 0.15) is 25.7 Å². The fraction of sp³-hybridized carbons (Fsp3) is 0.833. The maximum absolute atomic E-state index is 11.9. The molecule has 1 unspecified atom stereocenters. The van der Waals surface area contributed by atoms with Crippen LogP contribution in [0.2, 0.25) is 0 Å². The number of piperidine rings is 1. The summed E-state index contributed by atoms with van der Waals surface area (Å²) in [4.78, 5) is 15.5. The van der Waals surface area contributed by atoms with E-state index in [4.69, 9.17) is 5.26 Å². The average molecular weight is 239 g/mol. The van der Waals surface area contributed by atoms with Crippen molar-refractivity contribution in [3.63, 3.8) is 0 Å². The normalized spacial score (nSPS) is 20.9. The van der Waals surface area contributed by atoms with E-state index in [9.17, 15) is 9.90 Å². The molecular weight excluding hydrogens is 218 g/mol. The van der Waals surface area contributed by atoms with Gasteiger partial charge in [0.1, 0.15) is 0 Å². The van der Waals surface area contributed by atoms with Crippen molar-refractivity contribution in [2.24, 2.45) is 0 Å². The van der Waals surface area contributed by atoms with Crippen molar-refractivity contribution in [3.05, 3.63) is 0 Å². The molecule has 1 saturated heterocycles. The first-order chi connectivity index (χ1) is 8.19. The Morgan fingerprint density at radius 2 is 2.35 bits per heavy atom. The van der Waals surface area contributed by atoms with Crippen molar-refractivity contribution in [1.82, 2.24) is 9.80 Å². The first kappa shape index (κ1) is 13.9. The van der Waals surface area contributed by atoms with Crippen LogP contribution in [-0.2, 0) is 4.79 Å². The predicted octanol–water partition coefficient (Wildman–Crippen LogP) is 0.205. The van der Waals surface area contributed by atoms with E-state index in [1.54, 1.807) is 11.9 Å². The minimum absolute atomic E-state index is 0.0283. The van der Waals surface area contributed by atoms with Gasteiger partial charge in [-0.2, -0.15) is 5.26 Å². The standard InChI is InChI=1S/C12H21N3O2/c1-14(7-4-6-13)12(17)9-15-8-3-2-5-11(15)10-16/h11,16H,2-5,7-10H2,1H3. The minimum atomic E-state index is 0.0283. The highest BCUT2D eigenvalue weighted by molar-refractivity contribution is 5.78. The second-order valence-corrected chi connectivity index (χ2v) is 4.53. The van der Waals surface area contributed by atoms with Crippen LogP contribution in [0, 0.1) is 11.3 Å². The number of carbonyl (C=O) groups is 1. The van der Waals surface area contributed by atoms with E-state index in [-0.39, 0.29) is 18.6 Å². The van der Waals surface area contributed by atoms with Gasteiger partial charge >= 0.3 is 0 Å². The Hall–Kier alpha value is -1.12. The smallest absolute Gasteiger partial charge is 0.236 e. The van der Waals surface area contributed by atoms with Crippen molar-refractivity contribution in [2.75, 3.05) is 33.3 Å². The maximum Gasteiger partial charge on any atom is 0.236 e. The van der Waals surface area contributed by atoms with Crippen molar-refractivity contribution in [2.45, 2.75) is 31.7 Å². The number of aliphatic hydroxyl groups excluding tert-OH is 1. The topological polar surface area (TPSA) is 67.6 Å². The molecule has 1 rings (SSSR count). The Morgan fingerprint density at radius 1 is 1.59 bits per heavy atom. The average Bonchev–Trinajstić information content (AvgIpc) is 2.36. The van der Waals surface area contributed by atoms with E-state index < -0.39 is 0 Å². The number of likely N-dealkylation sites (tertiary alicyclic amines) is 1. The highest BCUT2D eigenvalue weighted by atomic mass is 16.3. The Kier molecular flexibility index (Phi) is 5.95. The number of rotatable bonds is 5. The summed E-state index contributed by atoms with van der Waals surface area (Å²) in [6.07, 6.45) is 3.54. The van der Waals surface area contributed by atoms with Gasteiger partial charge in [0.05, 0.1) is 25.6 Å². The van der Waals surface area contributed by atoms with E-state index >= 15 is 0 Å². The Balaban J connectivity index is 2.40. The molecule has 0 aliphatic carbocycles. The molecule has 1 amide bonds. The molecule has 5 heteroatoms. The molecule has 1 aliphatic heterocycles. The zero-order valence-corrected chi connectivity index (χ0v) is 10.4. The van der Waals surface area contributed by atoms with Gasteiger partial charge in [-0.3, -0.25) is 9.69 Å². The molecule has 96 valence electrons. The summed E-state index contributed by atoms with van der Waals surface area (Å²) in [5.74, 6) is 0.0283. The summed E-state index contributed by atoms with van der Waals surface area (Å²) in [5, 5.41) is 17.7. The second kappa shape index (κ2) is 7.25. The molecule has 1 aliphatic rings. The van der Waals surface area contributed by atoms with Gasteiger partial charge in [-0.25, -0.2) is 0 Å². The summed E-state index contributed by atoms with van der Waals surface area (Å²) >= 11 is 0. The molecule has 1 fully saturated rings. The van der Waals surface area contributed by atoms with Gasteiger partial charge in [-0.1, -0.05) is 6.42 Å². The van der Waals surface area contributed by atoms with Crippen molar-refractivity contribution in [3.8, 4) is 6.07 Å². The zero-order chi connectivity index (χ0) is 12.7. The zero-order valence-electron chi connectivity index (χ0n) is 10.4. The summed E-state index contributed by atoms with van der Waals surface area (Å²) in [6.45, 7) is 1.83. The summed E-state index contributed by atoms with van der Waals surface area (Å²) in [5.41, 5.74) is 0. The van der Waals surface area contributed by atoms with Crippen LogP contribution in [0.5, 0.6) is 0 Å². The highest BCUT2D eigenvalue weighted by Crippen LogP contribution is 2.16. The summed E-state index contributed by atoms with van der Waals surface area (Å²) in [6, 6.07) is 2.15. The number of hydrogen-bond acceptors (Lipinski definition) is 4. The van der Waals surface area contributed by atoms with Gasteiger partial charge in [0.15, 0.2) is 0 Å². The third-order valence-corrected chi connectivity index (χ3v) is 3.28. The number of nitrogens with zero attached hydrogens (tertiary/aromatic N) is 3. The molecule has 0 aromatic rings. The third-order valence-electron chi connectivity index (χ3n) is 3.28. The molecule has 0 aromatic heterocycles. The maximum atomic E-state index is 11.9. The Labute approximate surface area is 103 Å². The number of carbonyl (C=O) groups excluding carboxylic acids is 1. The van der Waals surface area contributed by atoms with E-state index in [1.165, 1.54) is 0 Å². The predicted molar refractivity (Wildman–Crippen MR) is 64.2 cm³/mol. The quantitative estimate of drug-likeness (QED) is 0.744. The third kappa shape index (κ3) is 4.33. The second-order valence-electron chi connectivity index (χ2n) is 4.53. The first-order valence-corrected chi connectivity index (χ1v) is 6.15. The van der Waals surface area contributed by atoms with Crippen molar-refractivity contribution in [1.29, 1.82) is 5.26 Å². The van der Waals surface area contributed by atoms with Gasteiger partial charge in [0.2, 0.25) is 5.91 Å². The lowest BCUT2D eigenvalue weighted by Crippen LogP contribution is -2.47. The molecule has 1 N–H and O–H groups in total. The molecule has 5 nitrogen and oxygen atoms in total. The largest absolute Gasteiger partial charge is 0.395 e. The lowest BCUT2D eigenvalue weighted by atomic mass is 10.0. The van der Waals surface area contributed by atoms with Crippen LogP contribution in [0.25, 0.3) is 0 Å². The first-order valence-electron chi connectivity index (χ1n) is 6.15. The number of hydrogen-bond donors (Lipinski definition) is 1. The van der Waals surface area contributed by atoms with Crippen LogP contribution in [0.3, 0.4) is 0 Å². The number of aliphatic hydroxyl groups is 1. The lowest BCUT2D eigenvalue weighted by Gasteiger charge is -2.34. The highest BCUT2D eigenvalue weighted by Gasteiger charge is 2.24. The Bertz CT molecular complexity index is 288. The molecule has 17 heavy (non-hydrogen) atoms. The molecule has 0 radical (unpaired) electrons. The fourth-order valence-corrected chi connectivity index (χ4v) is 2.11. The summed E-state index contributed by atoms with van der Waals surface area (Å²) in [7, 11) is 1.72. The van der Waals surface area contributed by atoms with Crippen molar-refractivity contribution >= 4 is 5.91 Å². The molecule has 0 saturated carbocycles. The van der Waals surface area contributed by atoms with E-state index in [0.29, 0.717) is 19.5 Å². The van der Waals surface area contributed by atoms with Gasteiger partial charge in [0.25, 0.3) is 0 Å². The summed E-state index contributed by atoms with van der Waals surface area (Å²) < 4.78 is 0. The van der Waals surface area contributed by atoms with Crippen LogP contribution in [-0.4, -0.2) is 60.1 Å². The van der Waals surface area contributed by atoms with Gasteiger partial charge in [-0.15, -0.1) is 0 Å². The van der Waals surface area contributed by atoms with Crippen LogP contribution >= 0.6 is 0 Å². The van der Waals surface area contributed by atoms with Crippen LogP contribution in [0.15, 0.2) is 0 Å². The van der Waals surface area contributed by atoms with E-state index in [2.05, 4.69) is 4.90 Å². The molecule has 1 atom stereocenters. The molecule has 1 heterocycles. The molecule has 0 bridgehead atoms. The minimum Gasteiger partial charge on any atom is -0.395 e. The van der Waals surface area contributed by atoms with E-state index in [1.807, 2.05) is 6.07 Å². The number of amides is 1. The molecule has 0 spiro atoms. The molecule has 0 aromatic carbocycles. The Morgan fingerprint density at radius 3 is 3.00 bits per heavy atom. The lowest BCUT2D eigenvalue weighted by molar-refractivity contribution is -0.132. The van der Waals surface area contributed by atoms with Crippen LogP contribution in [0.4, 0.5) is 0 Å². The molecular formula is C12H21N3O2. The van der Waals surface area contributed by atoms with Crippen molar-refractivity contribution < 1.29 is 9.90 Å². The number of likely N-dealkylation sites (N-methyl/N-ethyl adjacent to an activating group) is 1. The SMILES string of the molecule is CN(CCC#N)C(=O)CN1CCCCC1CO. The fourth-order valence-electron chi connectivity index (χ4n) is 2.11. The van der Waals surface area contributed by atoms with Gasteiger partial charge in [0, 0.05) is 19.6 Å². The van der Waals surface area contributed by atoms with E-state index in [0.717, 1.165) is 25.8 Å². The van der Waals surface area contributed by atoms with Gasteiger partial charge < -0.3 is 10.0 Å². The number of nitriles is 1.